The molecule has 82 valence electrons. The minimum Gasteiger partial charge on any atom is -0.368 e. The Morgan fingerprint density at radius 2 is 2.50 bits per heavy atom. The fourth-order valence-corrected chi connectivity index (χ4v) is 2.06. The number of nitriles is 1. The van der Waals surface area contributed by atoms with Gasteiger partial charge in [-0.1, -0.05) is 0 Å². The highest BCUT2D eigenvalue weighted by molar-refractivity contribution is 5.84. The van der Waals surface area contributed by atoms with Gasteiger partial charge < -0.3 is 10.6 Å². The van der Waals surface area contributed by atoms with Gasteiger partial charge in [0, 0.05) is 12.7 Å². The molecule has 1 atom stereocenters. The number of aromatic nitrogens is 1. The summed E-state index contributed by atoms with van der Waals surface area (Å²) in [5.74, 6) is -0.342. The lowest BCUT2D eigenvalue weighted by Gasteiger charge is -2.24. The standard InChI is InChI=1S/C11H12N4O/c12-6-8-3-4-14-7-10(8)15-5-1-2-9(15)11(13)16/h3-4,7,9H,1-2,5H2,(H2,13,16). The van der Waals surface area contributed by atoms with Crippen molar-refractivity contribution >= 4 is 11.6 Å². The molecule has 0 spiro atoms. The first kappa shape index (κ1) is 10.4. The van der Waals surface area contributed by atoms with Crippen molar-refractivity contribution < 1.29 is 4.79 Å². The fraction of sp³-hybridized carbons (Fsp3) is 0.364. The zero-order valence-corrected chi connectivity index (χ0v) is 8.76. The number of primary amides is 1. The van der Waals surface area contributed by atoms with E-state index in [1.807, 2.05) is 4.90 Å². The molecule has 1 aliphatic heterocycles. The molecule has 0 aliphatic carbocycles. The second-order valence-corrected chi connectivity index (χ2v) is 3.76. The van der Waals surface area contributed by atoms with Crippen molar-refractivity contribution in [2.75, 3.05) is 11.4 Å². The lowest BCUT2D eigenvalue weighted by atomic mass is 10.2. The van der Waals surface area contributed by atoms with E-state index in [2.05, 4.69) is 11.1 Å². The summed E-state index contributed by atoms with van der Waals surface area (Å²) in [6.45, 7) is 0.744. The number of carbonyl (C=O) groups excluding carboxylic acids is 1. The number of hydrogen-bond donors (Lipinski definition) is 1. The Morgan fingerprint density at radius 3 is 3.19 bits per heavy atom. The second kappa shape index (κ2) is 4.19. The SMILES string of the molecule is N#Cc1ccncc1N1CCCC1C(N)=O. The van der Waals surface area contributed by atoms with E-state index in [1.54, 1.807) is 18.5 Å². The van der Waals surface area contributed by atoms with Crippen LogP contribution in [0.2, 0.25) is 0 Å². The highest BCUT2D eigenvalue weighted by Gasteiger charge is 2.30. The number of anilines is 1. The summed E-state index contributed by atoms with van der Waals surface area (Å²) in [6.07, 6.45) is 4.83. The minimum absolute atomic E-state index is 0.309. The van der Waals surface area contributed by atoms with E-state index in [0.29, 0.717) is 11.3 Å². The van der Waals surface area contributed by atoms with E-state index in [9.17, 15) is 4.79 Å². The minimum atomic E-state index is -0.342. The third-order valence-electron chi connectivity index (χ3n) is 2.81. The predicted octanol–water partition coefficient (Wildman–Crippen LogP) is 0.407. The summed E-state index contributed by atoms with van der Waals surface area (Å²) in [5, 5.41) is 8.98. The molecule has 5 heteroatoms. The summed E-state index contributed by atoms with van der Waals surface area (Å²) in [5.41, 5.74) is 6.56. The molecule has 1 amide bonds. The molecule has 1 saturated heterocycles. The monoisotopic (exact) mass is 216 g/mol. The van der Waals surface area contributed by atoms with E-state index in [4.69, 9.17) is 11.0 Å². The van der Waals surface area contributed by atoms with Gasteiger partial charge in [0.2, 0.25) is 5.91 Å². The summed E-state index contributed by atoms with van der Waals surface area (Å²) >= 11 is 0. The van der Waals surface area contributed by atoms with Crippen molar-refractivity contribution in [1.29, 1.82) is 5.26 Å². The molecule has 2 N–H and O–H groups in total. The Balaban J connectivity index is 2.37. The van der Waals surface area contributed by atoms with Crippen LogP contribution in [0.15, 0.2) is 18.5 Å². The maximum Gasteiger partial charge on any atom is 0.240 e. The topological polar surface area (TPSA) is 83.0 Å². The number of nitrogens with zero attached hydrogens (tertiary/aromatic N) is 3. The molecular weight excluding hydrogens is 204 g/mol. The summed E-state index contributed by atoms with van der Waals surface area (Å²) in [6, 6.07) is 3.43. The molecule has 0 bridgehead atoms. The Labute approximate surface area is 93.5 Å². The molecule has 1 aromatic heterocycles. The van der Waals surface area contributed by atoms with Crippen LogP contribution in [0, 0.1) is 11.3 Å². The largest absolute Gasteiger partial charge is 0.368 e. The molecule has 2 heterocycles. The molecule has 16 heavy (non-hydrogen) atoms. The van der Waals surface area contributed by atoms with Crippen molar-refractivity contribution in [3.8, 4) is 6.07 Å². The van der Waals surface area contributed by atoms with Crippen LogP contribution in [0.3, 0.4) is 0 Å². The predicted molar refractivity (Wildman–Crippen MR) is 58.5 cm³/mol. The number of hydrogen-bond acceptors (Lipinski definition) is 4. The van der Waals surface area contributed by atoms with Crippen LogP contribution < -0.4 is 10.6 Å². The van der Waals surface area contributed by atoms with Gasteiger partial charge in [-0.2, -0.15) is 5.26 Å². The third kappa shape index (κ3) is 1.70. The van der Waals surface area contributed by atoms with E-state index in [0.717, 1.165) is 19.4 Å². The quantitative estimate of drug-likeness (QED) is 0.776. The first-order chi connectivity index (χ1) is 7.74. The van der Waals surface area contributed by atoms with Crippen LogP contribution in [0.5, 0.6) is 0 Å². The maximum atomic E-state index is 11.3. The number of pyridine rings is 1. The van der Waals surface area contributed by atoms with Gasteiger partial charge in [-0.15, -0.1) is 0 Å². The number of nitrogens with two attached hydrogens (primary N) is 1. The normalized spacial score (nSPS) is 19.4. The number of carbonyl (C=O) groups is 1. The lowest BCUT2D eigenvalue weighted by molar-refractivity contribution is -0.119. The fourth-order valence-electron chi connectivity index (χ4n) is 2.06. The average Bonchev–Trinajstić information content (AvgIpc) is 2.77. The zero-order chi connectivity index (χ0) is 11.5. The molecule has 1 aliphatic rings. The number of amides is 1. The Kier molecular flexibility index (Phi) is 2.73. The third-order valence-corrected chi connectivity index (χ3v) is 2.81. The van der Waals surface area contributed by atoms with Crippen molar-refractivity contribution in [2.24, 2.45) is 5.73 Å². The van der Waals surface area contributed by atoms with E-state index in [1.165, 1.54) is 0 Å². The zero-order valence-electron chi connectivity index (χ0n) is 8.76. The van der Waals surface area contributed by atoms with E-state index >= 15 is 0 Å². The van der Waals surface area contributed by atoms with Gasteiger partial charge in [-0.05, 0) is 18.9 Å². The van der Waals surface area contributed by atoms with E-state index in [-0.39, 0.29) is 11.9 Å². The highest BCUT2D eigenvalue weighted by atomic mass is 16.1. The summed E-state index contributed by atoms with van der Waals surface area (Å²) in [4.78, 5) is 17.1. The van der Waals surface area contributed by atoms with Gasteiger partial charge in [0.1, 0.15) is 12.1 Å². The van der Waals surface area contributed by atoms with Crippen LogP contribution in [0.25, 0.3) is 0 Å². The maximum absolute atomic E-state index is 11.3. The molecule has 5 nitrogen and oxygen atoms in total. The average molecular weight is 216 g/mol. The van der Waals surface area contributed by atoms with Crippen LogP contribution in [-0.2, 0) is 4.79 Å². The molecule has 0 radical (unpaired) electrons. The van der Waals surface area contributed by atoms with Crippen molar-refractivity contribution in [3.05, 3.63) is 24.0 Å². The molecular formula is C11H12N4O. The van der Waals surface area contributed by atoms with Gasteiger partial charge in [0.15, 0.2) is 0 Å². The van der Waals surface area contributed by atoms with Crippen LogP contribution >= 0.6 is 0 Å². The van der Waals surface area contributed by atoms with Crippen molar-refractivity contribution in [2.45, 2.75) is 18.9 Å². The first-order valence-electron chi connectivity index (χ1n) is 5.14. The lowest BCUT2D eigenvalue weighted by Crippen LogP contribution is -2.40. The van der Waals surface area contributed by atoms with Gasteiger partial charge in [-0.25, -0.2) is 0 Å². The molecule has 0 saturated carbocycles. The molecule has 0 aromatic carbocycles. The Bertz CT molecular complexity index is 452. The number of rotatable bonds is 2. The van der Waals surface area contributed by atoms with Crippen molar-refractivity contribution in [1.82, 2.24) is 4.98 Å². The van der Waals surface area contributed by atoms with Gasteiger partial charge in [0.25, 0.3) is 0 Å². The van der Waals surface area contributed by atoms with Gasteiger partial charge >= 0.3 is 0 Å². The van der Waals surface area contributed by atoms with Crippen LogP contribution in [-0.4, -0.2) is 23.5 Å². The smallest absolute Gasteiger partial charge is 0.240 e. The summed E-state index contributed by atoms with van der Waals surface area (Å²) < 4.78 is 0. The molecule has 2 rings (SSSR count). The van der Waals surface area contributed by atoms with Crippen LogP contribution in [0.1, 0.15) is 18.4 Å². The molecule has 1 fully saturated rings. The first-order valence-corrected chi connectivity index (χ1v) is 5.14. The van der Waals surface area contributed by atoms with Gasteiger partial charge in [-0.3, -0.25) is 9.78 Å². The van der Waals surface area contributed by atoms with Crippen molar-refractivity contribution in [3.63, 3.8) is 0 Å². The summed E-state index contributed by atoms with van der Waals surface area (Å²) in [7, 11) is 0. The second-order valence-electron chi connectivity index (χ2n) is 3.76. The van der Waals surface area contributed by atoms with E-state index < -0.39 is 0 Å². The Hall–Kier alpha value is -2.09. The van der Waals surface area contributed by atoms with Gasteiger partial charge in [0.05, 0.1) is 17.4 Å². The molecule has 1 unspecified atom stereocenters. The Morgan fingerprint density at radius 1 is 1.69 bits per heavy atom. The highest BCUT2D eigenvalue weighted by Crippen LogP contribution is 2.27. The van der Waals surface area contributed by atoms with Crippen LogP contribution in [0.4, 0.5) is 5.69 Å². The molecule has 1 aromatic rings.